The normalized spacial score (nSPS) is 9.90. The number of carbonyl (C=O) groups is 2. The minimum Gasteiger partial charge on any atom is -0.475 e. The Hall–Kier alpha value is -3.02. The van der Waals surface area contributed by atoms with Crippen LogP contribution < -0.4 is 5.32 Å². The van der Waals surface area contributed by atoms with Crippen LogP contribution in [0.3, 0.4) is 0 Å². The first-order valence-electron chi connectivity index (χ1n) is 6.08. The predicted molar refractivity (Wildman–Crippen MR) is 76.3 cm³/mol. The summed E-state index contributed by atoms with van der Waals surface area (Å²) in [6, 6.07) is 9.68. The van der Waals surface area contributed by atoms with Crippen molar-refractivity contribution in [2.24, 2.45) is 0 Å². The summed E-state index contributed by atoms with van der Waals surface area (Å²) in [5.41, 5.74) is 1.25. The van der Waals surface area contributed by atoms with Crippen molar-refractivity contribution in [1.82, 2.24) is 0 Å². The molecule has 2 rings (SSSR count). The lowest BCUT2D eigenvalue weighted by Gasteiger charge is -2.05. The van der Waals surface area contributed by atoms with Crippen LogP contribution in [-0.2, 0) is 4.74 Å². The van der Waals surface area contributed by atoms with Gasteiger partial charge in [0, 0.05) is 11.3 Å². The van der Waals surface area contributed by atoms with Gasteiger partial charge in [-0.2, -0.15) is 0 Å². The lowest BCUT2D eigenvalue weighted by molar-refractivity contribution is 0.0663. The molecule has 6 nitrogen and oxygen atoms in total. The third-order valence-corrected chi connectivity index (χ3v) is 2.56. The highest BCUT2D eigenvalue weighted by molar-refractivity contribution is 5.86. The Morgan fingerprint density at radius 3 is 2.52 bits per heavy atom. The van der Waals surface area contributed by atoms with Gasteiger partial charge in [0.2, 0.25) is 5.76 Å². The zero-order valence-electron chi connectivity index (χ0n) is 11.0. The number of aromatic carboxylic acids is 1. The zero-order chi connectivity index (χ0) is 15.2. The molecular weight excluding hydrogens is 274 g/mol. The van der Waals surface area contributed by atoms with Gasteiger partial charge >= 0.3 is 12.1 Å². The number of ether oxygens (including phenoxy) is 1. The number of nitrogens with one attached hydrogen (secondary N) is 1. The molecule has 0 radical (unpaired) electrons. The van der Waals surface area contributed by atoms with Crippen LogP contribution in [0.2, 0.25) is 0 Å². The second kappa shape index (κ2) is 6.42. The van der Waals surface area contributed by atoms with Crippen LogP contribution in [0, 0.1) is 0 Å². The van der Waals surface area contributed by atoms with Gasteiger partial charge in [-0.3, -0.25) is 5.32 Å². The number of carbonyl (C=O) groups excluding carboxylic acids is 1. The van der Waals surface area contributed by atoms with E-state index in [0.29, 0.717) is 17.0 Å². The van der Waals surface area contributed by atoms with Gasteiger partial charge in [0.15, 0.2) is 0 Å². The fourth-order valence-corrected chi connectivity index (χ4v) is 1.61. The molecule has 0 spiro atoms. The highest BCUT2D eigenvalue weighted by atomic mass is 16.5. The molecule has 1 aromatic carbocycles. The maximum atomic E-state index is 11.3. The number of benzene rings is 1. The number of hydrogen-bond acceptors (Lipinski definition) is 4. The Morgan fingerprint density at radius 1 is 1.24 bits per heavy atom. The average molecular weight is 287 g/mol. The number of furan rings is 1. The molecule has 0 atom stereocenters. The molecule has 0 bridgehead atoms. The van der Waals surface area contributed by atoms with Crippen LogP contribution in [0.15, 0.2) is 53.5 Å². The summed E-state index contributed by atoms with van der Waals surface area (Å²) in [5.74, 6) is -0.808. The summed E-state index contributed by atoms with van der Waals surface area (Å²) < 4.78 is 9.97. The molecule has 2 N–H and O–H groups in total. The minimum absolute atomic E-state index is 0.125. The van der Waals surface area contributed by atoms with Gasteiger partial charge in [0.05, 0.1) is 0 Å². The fraction of sp³-hybridized carbons (Fsp3) is 0.0667. The largest absolute Gasteiger partial charge is 0.475 e. The van der Waals surface area contributed by atoms with Crippen molar-refractivity contribution in [3.63, 3.8) is 0 Å². The van der Waals surface area contributed by atoms with E-state index in [1.807, 2.05) is 0 Å². The van der Waals surface area contributed by atoms with Crippen LogP contribution in [0.4, 0.5) is 10.5 Å². The first-order valence-corrected chi connectivity index (χ1v) is 6.08. The molecule has 0 aliphatic heterocycles. The van der Waals surface area contributed by atoms with Crippen molar-refractivity contribution in [2.45, 2.75) is 0 Å². The van der Waals surface area contributed by atoms with E-state index in [9.17, 15) is 9.59 Å². The molecule has 0 aliphatic rings. The summed E-state index contributed by atoms with van der Waals surface area (Å²) in [6.45, 7) is 3.58. The van der Waals surface area contributed by atoms with Gasteiger partial charge in [-0.15, -0.1) is 0 Å². The van der Waals surface area contributed by atoms with Crippen molar-refractivity contribution in [2.75, 3.05) is 11.9 Å². The molecule has 1 aromatic heterocycles. The molecule has 0 saturated heterocycles. The van der Waals surface area contributed by atoms with E-state index in [4.69, 9.17) is 14.3 Å². The molecule has 0 saturated carbocycles. The molecule has 0 aliphatic carbocycles. The molecule has 0 fully saturated rings. The third kappa shape index (κ3) is 3.73. The van der Waals surface area contributed by atoms with Crippen LogP contribution in [0.1, 0.15) is 10.6 Å². The quantitative estimate of drug-likeness (QED) is 0.823. The van der Waals surface area contributed by atoms with E-state index < -0.39 is 12.1 Å². The number of anilines is 1. The lowest BCUT2D eigenvalue weighted by atomic mass is 10.1. The Morgan fingerprint density at radius 2 is 1.95 bits per heavy atom. The molecule has 1 amide bonds. The van der Waals surface area contributed by atoms with E-state index in [-0.39, 0.29) is 12.4 Å². The molecule has 108 valence electrons. The number of amides is 1. The maximum Gasteiger partial charge on any atom is 0.411 e. The average Bonchev–Trinajstić information content (AvgIpc) is 2.96. The first kappa shape index (κ1) is 14.4. The summed E-state index contributed by atoms with van der Waals surface area (Å²) in [7, 11) is 0. The molecular formula is C15H13NO5. The summed E-state index contributed by atoms with van der Waals surface area (Å²) in [6.07, 6.45) is 0.897. The Labute approximate surface area is 120 Å². The summed E-state index contributed by atoms with van der Waals surface area (Å²) >= 11 is 0. The predicted octanol–water partition coefficient (Wildman–Crippen LogP) is 3.38. The Bertz CT molecular complexity index is 657. The Kier molecular flexibility index (Phi) is 4.40. The van der Waals surface area contributed by atoms with E-state index in [0.717, 1.165) is 0 Å². The van der Waals surface area contributed by atoms with E-state index in [2.05, 4.69) is 11.9 Å². The lowest BCUT2D eigenvalue weighted by Crippen LogP contribution is -2.13. The van der Waals surface area contributed by atoms with Crippen molar-refractivity contribution < 1.29 is 23.8 Å². The Balaban J connectivity index is 2.05. The third-order valence-electron chi connectivity index (χ3n) is 2.56. The van der Waals surface area contributed by atoms with Gasteiger partial charge in [0.25, 0.3) is 0 Å². The SMILES string of the molecule is C=CCOC(=O)Nc1ccc(-c2ccc(C(=O)O)o2)cc1. The van der Waals surface area contributed by atoms with Crippen LogP contribution in [0.5, 0.6) is 0 Å². The standard InChI is InChI=1S/C15H13NO5/c1-2-9-20-15(19)16-11-5-3-10(4-6-11)12-7-8-13(21-12)14(17)18/h2-8H,1,9H2,(H,16,19)(H,17,18). The summed E-state index contributed by atoms with van der Waals surface area (Å²) in [4.78, 5) is 22.1. The van der Waals surface area contributed by atoms with Gasteiger partial charge < -0.3 is 14.3 Å². The van der Waals surface area contributed by atoms with Crippen LogP contribution >= 0.6 is 0 Å². The molecule has 6 heteroatoms. The second-order valence-electron chi connectivity index (χ2n) is 4.06. The van der Waals surface area contributed by atoms with Crippen molar-refractivity contribution in [3.8, 4) is 11.3 Å². The minimum atomic E-state index is -1.12. The second-order valence-corrected chi connectivity index (χ2v) is 4.06. The van der Waals surface area contributed by atoms with E-state index >= 15 is 0 Å². The van der Waals surface area contributed by atoms with E-state index in [1.54, 1.807) is 30.3 Å². The van der Waals surface area contributed by atoms with E-state index in [1.165, 1.54) is 12.1 Å². The number of rotatable bonds is 5. The summed E-state index contributed by atoms with van der Waals surface area (Å²) in [5, 5.41) is 11.3. The monoisotopic (exact) mass is 287 g/mol. The zero-order valence-corrected chi connectivity index (χ0v) is 11.0. The number of hydrogen-bond donors (Lipinski definition) is 2. The van der Waals surface area contributed by atoms with Crippen LogP contribution in [-0.4, -0.2) is 23.8 Å². The van der Waals surface area contributed by atoms with Crippen molar-refractivity contribution in [1.29, 1.82) is 0 Å². The molecule has 1 heterocycles. The molecule has 0 unspecified atom stereocenters. The maximum absolute atomic E-state index is 11.3. The van der Waals surface area contributed by atoms with Gasteiger partial charge in [-0.25, -0.2) is 9.59 Å². The van der Waals surface area contributed by atoms with Gasteiger partial charge in [0.1, 0.15) is 12.4 Å². The van der Waals surface area contributed by atoms with Gasteiger partial charge in [-0.1, -0.05) is 12.7 Å². The van der Waals surface area contributed by atoms with Gasteiger partial charge in [-0.05, 0) is 36.4 Å². The fourth-order valence-electron chi connectivity index (χ4n) is 1.61. The smallest absolute Gasteiger partial charge is 0.411 e. The highest BCUT2D eigenvalue weighted by Gasteiger charge is 2.10. The van der Waals surface area contributed by atoms with Crippen molar-refractivity contribution >= 4 is 17.7 Å². The first-order chi connectivity index (χ1) is 10.1. The number of carboxylic acid groups (broad SMARTS) is 1. The topological polar surface area (TPSA) is 88.8 Å². The van der Waals surface area contributed by atoms with Crippen LogP contribution in [0.25, 0.3) is 11.3 Å². The number of carboxylic acids is 1. The van der Waals surface area contributed by atoms with Crippen molar-refractivity contribution in [3.05, 3.63) is 54.8 Å². The highest BCUT2D eigenvalue weighted by Crippen LogP contribution is 2.23. The molecule has 21 heavy (non-hydrogen) atoms. The molecule has 2 aromatic rings.